The maximum absolute atomic E-state index is 5.89. The number of nitrogens with zero attached hydrogens (tertiary/aromatic N) is 1. The molecule has 0 unspecified atom stereocenters. The Hall–Kier alpha value is -0.790. The number of aryl methyl sites for hydroxylation is 1. The molecule has 0 radical (unpaired) electrons. The molecule has 66 valence electrons. The van der Waals surface area contributed by atoms with Crippen molar-refractivity contribution in [3.63, 3.8) is 0 Å². The Balaban J connectivity index is 2.81. The van der Waals surface area contributed by atoms with Gasteiger partial charge in [0, 0.05) is 17.3 Å². The lowest BCUT2D eigenvalue weighted by Crippen LogP contribution is -1.81. The minimum Gasteiger partial charge on any atom is -0.261 e. The van der Waals surface area contributed by atoms with Crippen molar-refractivity contribution in [3.05, 3.63) is 40.1 Å². The first kappa shape index (κ1) is 8.79. The first-order valence-electron chi connectivity index (χ1n) is 3.88. The van der Waals surface area contributed by atoms with Crippen molar-refractivity contribution in [2.45, 2.75) is 6.92 Å². The van der Waals surface area contributed by atoms with Crippen LogP contribution in [-0.4, -0.2) is 4.98 Å². The number of rotatable bonds is 0. The second-order valence-corrected chi connectivity index (χ2v) is 3.75. The van der Waals surface area contributed by atoms with Crippen LogP contribution in [0.15, 0.2) is 24.4 Å². The van der Waals surface area contributed by atoms with Crippen molar-refractivity contribution in [1.29, 1.82) is 0 Å². The van der Waals surface area contributed by atoms with Crippen molar-refractivity contribution >= 4 is 34.0 Å². The van der Waals surface area contributed by atoms with Gasteiger partial charge < -0.3 is 0 Å². The summed E-state index contributed by atoms with van der Waals surface area (Å²) in [6.45, 7) is 1.95. The summed E-state index contributed by atoms with van der Waals surface area (Å²) in [5.74, 6) is 0. The minimum absolute atomic E-state index is 0.569. The maximum atomic E-state index is 5.89. The number of benzene rings is 1. The average Bonchev–Trinajstić information content (AvgIpc) is 2.08. The molecule has 0 atom stereocenters. The molecule has 0 fully saturated rings. The van der Waals surface area contributed by atoms with Gasteiger partial charge in [-0.3, -0.25) is 4.98 Å². The van der Waals surface area contributed by atoms with E-state index in [2.05, 4.69) is 4.98 Å². The molecule has 0 aliphatic heterocycles. The van der Waals surface area contributed by atoms with Gasteiger partial charge in [0.1, 0.15) is 0 Å². The van der Waals surface area contributed by atoms with Crippen LogP contribution in [-0.2, 0) is 0 Å². The highest BCUT2D eigenvalue weighted by molar-refractivity contribution is 6.42. The molecule has 13 heavy (non-hydrogen) atoms. The van der Waals surface area contributed by atoms with E-state index in [1.165, 1.54) is 0 Å². The lowest BCUT2D eigenvalue weighted by atomic mass is 10.1. The number of halogens is 2. The molecule has 0 bridgehead atoms. The Morgan fingerprint density at radius 3 is 2.31 bits per heavy atom. The van der Waals surface area contributed by atoms with E-state index in [-0.39, 0.29) is 0 Å². The van der Waals surface area contributed by atoms with Crippen molar-refractivity contribution in [2.24, 2.45) is 0 Å². The summed E-state index contributed by atoms with van der Waals surface area (Å²) in [4.78, 5) is 4.18. The summed E-state index contributed by atoms with van der Waals surface area (Å²) in [7, 11) is 0. The Bertz CT molecular complexity index is 466. The van der Waals surface area contributed by atoms with Gasteiger partial charge in [0.25, 0.3) is 0 Å². The summed E-state index contributed by atoms with van der Waals surface area (Å²) in [6, 6.07) is 5.66. The number of hydrogen-bond acceptors (Lipinski definition) is 1. The summed E-state index contributed by atoms with van der Waals surface area (Å²) in [5.41, 5.74) is 0.978. The third-order valence-electron chi connectivity index (χ3n) is 1.90. The van der Waals surface area contributed by atoms with E-state index in [1.807, 2.05) is 25.1 Å². The van der Waals surface area contributed by atoms with Crippen LogP contribution in [0.5, 0.6) is 0 Å². The highest BCUT2D eigenvalue weighted by atomic mass is 35.5. The first-order chi connectivity index (χ1) is 6.16. The van der Waals surface area contributed by atoms with Gasteiger partial charge in [-0.15, -0.1) is 0 Å². The molecule has 0 spiro atoms. The van der Waals surface area contributed by atoms with Gasteiger partial charge in [-0.05, 0) is 30.5 Å². The average molecular weight is 212 g/mol. The molecule has 0 aliphatic carbocycles. The number of pyridine rings is 1. The zero-order valence-corrected chi connectivity index (χ0v) is 8.52. The van der Waals surface area contributed by atoms with E-state index < -0.39 is 0 Å². The standard InChI is InChI=1S/C10H7Cl2N/c1-6-2-7-3-9(11)10(12)4-8(7)5-13-6/h2-5H,1H3. The van der Waals surface area contributed by atoms with E-state index in [0.29, 0.717) is 10.0 Å². The topological polar surface area (TPSA) is 12.9 Å². The maximum Gasteiger partial charge on any atom is 0.0599 e. The van der Waals surface area contributed by atoms with Crippen molar-refractivity contribution in [1.82, 2.24) is 4.98 Å². The molecule has 2 rings (SSSR count). The normalized spacial score (nSPS) is 10.7. The molecule has 1 heterocycles. The van der Waals surface area contributed by atoms with Crippen LogP contribution < -0.4 is 0 Å². The van der Waals surface area contributed by atoms with Gasteiger partial charge in [-0.1, -0.05) is 23.2 Å². The summed E-state index contributed by atoms with van der Waals surface area (Å²) in [6.07, 6.45) is 1.80. The van der Waals surface area contributed by atoms with Gasteiger partial charge in [0.2, 0.25) is 0 Å². The fourth-order valence-corrected chi connectivity index (χ4v) is 1.59. The Labute approximate surface area is 86.3 Å². The fourth-order valence-electron chi connectivity index (χ4n) is 1.25. The fraction of sp³-hybridized carbons (Fsp3) is 0.100. The van der Waals surface area contributed by atoms with E-state index in [0.717, 1.165) is 16.5 Å². The Morgan fingerprint density at radius 2 is 1.62 bits per heavy atom. The van der Waals surface area contributed by atoms with Crippen LogP contribution in [0, 0.1) is 6.92 Å². The largest absolute Gasteiger partial charge is 0.261 e. The number of aromatic nitrogens is 1. The molecule has 0 aliphatic rings. The Kier molecular flexibility index (Phi) is 2.14. The SMILES string of the molecule is Cc1cc2cc(Cl)c(Cl)cc2cn1. The van der Waals surface area contributed by atoms with Crippen molar-refractivity contribution < 1.29 is 0 Å². The molecule has 1 aromatic carbocycles. The lowest BCUT2D eigenvalue weighted by Gasteiger charge is -2.01. The van der Waals surface area contributed by atoms with E-state index in [4.69, 9.17) is 23.2 Å². The predicted octanol–water partition coefficient (Wildman–Crippen LogP) is 3.85. The first-order valence-corrected chi connectivity index (χ1v) is 4.64. The zero-order valence-electron chi connectivity index (χ0n) is 7.01. The second kappa shape index (κ2) is 3.17. The molecule has 3 heteroatoms. The number of fused-ring (bicyclic) bond motifs is 1. The quantitative estimate of drug-likeness (QED) is 0.646. The van der Waals surface area contributed by atoms with Crippen LogP contribution in [0.2, 0.25) is 10.0 Å². The molecule has 2 aromatic rings. The zero-order chi connectivity index (χ0) is 9.42. The van der Waals surface area contributed by atoms with E-state index in [9.17, 15) is 0 Å². The van der Waals surface area contributed by atoms with Crippen LogP contribution in [0.4, 0.5) is 0 Å². The molecule has 1 nitrogen and oxygen atoms in total. The monoisotopic (exact) mass is 211 g/mol. The molecule has 0 amide bonds. The van der Waals surface area contributed by atoms with Gasteiger partial charge in [-0.2, -0.15) is 0 Å². The molecule has 1 aromatic heterocycles. The van der Waals surface area contributed by atoms with Crippen LogP contribution in [0.1, 0.15) is 5.69 Å². The molecular formula is C10H7Cl2N. The molecule has 0 saturated heterocycles. The van der Waals surface area contributed by atoms with Crippen LogP contribution >= 0.6 is 23.2 Å². The van der Waals surface area contributed by atoms with Crippen molar-refractivity contribution in [3.8, 4) is 0 Å². The number of hydrogen-bond donors (Lipinski definition) is 0. The van der Waals surface area contributed by atoms with Gasteiger partial charge in [0.15, 0.2) is 0 Å². The van der Waals surface area contributed by atoms with Gasteiger partial charge in [-0.25, -0.2) is 0 Å². The highest BCUT2D eigenvalue weighted by Crippen LogP contribution is 2.27. The third kappa shape index (κ3) is 1.62. The second-order valence-electron chi connectivity index (χ2n) is 2.94. The Morgan fingerprint density at radius 1 is 1.00 bits per heavy atom. The molecular weight excluding hydrogens is 205 g/mol. The van der Waals surface area contributed by atoms with Crippen LogP contribution in [0.25, 0.3) is 10.8 Å². The van der Waals surface area contributed by atoms with Gasteiger partial charge >= 0.3 is 0 Å². The molecule has 0 N–H and O–H groups in total. The summed E-state index contributed by atoms with van der Waals surface area (Å²) >= 11 is 11.8. The smallest absolute Gasteiger partial charge is 0.0599 e. The van der Waals surface area contributed by atoms with E-state index in [1.54, 1.807) is 6.20 Å². The minimum atomic E-state index is 0.569. The van der Waals surface area contributed by atoms with Crippen molar-refractivity contribution in [2.75, 3.05) is 0 Å². The predicted molar refractivity (Wildman–Crippen MR) is 56.5 cm³/mol. The van der Waals surface area contributed by atoms with Gasteiger partial charge in [0.05, 0.1) is 10.0 Å². The highest BCUT2D eigenvalue weighted by Gasteiger charge is 2.00. The molecule has 0 saturated carbocycles. The lowest BCUT2D eigenvalue weighted by molar-refractivity contribution is 1.22. The summed E-state index contributed by atoms with van der Waals surface area (Å²) in [5, 5.41) is 3.24. The third-order valence-corrected chi connectivity index (χ3v) is 2.62. The summed E-state index contributed by atoms with van der Waals surface area (Å²) < 4.78 is 0. The van der Waals surface area contributed by atoms with E-state index >= 15 is 0 Å². The van der Waals surface area contributed by atoms with Crippen LogP contribution in [0.3, 0.4) is 0 Å².